The monoisotopic (exact) mass is 439 g/mol. The molecular weight excluding hydrogens is 417 g/mol. The molecule has 3 aromatic rings. The molecule has 0 unspecified atom stereocenters. The lowest BCUT2D eigenvalue weighted by molar-refractivity contribution is 0.0725. The van der Waals surface area contributed by atoms with Gasteiger partial charge < -0.3 is 26.0 Å². The zero-order valence-corrected chi connectivity index (χ0v) is 17.3. The Bertz CT molecular complexity index is 1240. The third-order valence-corrected chi connectivity index (χ3v) is 6.13. The number of benzene rings is 1. The average Bonchev–Trinajstić information content (AvgIpc) is 2.76. The van der Waals surface area contributed by atoms with Crippen molar-refractivity contribution < 1.29 is 24.1 Å². The first-order chi connectivity index (χ1) is 15.3. The first kappa shape index (κ1) is 20.3. The van der Waals surface area contributed by atoms with Gasteiger partial charge in [-0.05, 0) is 42.8 Å². The molecule has 1 amide bonds. The van der Waals surface area contributed by atoms with E-state index in [1.165, 1.54) is 6.20 Å². The Morgan fingerprint density at radius 2 is 2.06 bits per heavy atom. The zero-order chi connectivity index (χ0) is 22.6. The normalized spacial score (nSPS) is 19.5. The fraction of sp³-hybridized carbons (Fsp3) is 0.318. The van der Waals surface area contributed by atoms with Gasteiger partial charge in [0.1, 0.15) is 18.1 Å². The third-order valence-electron chi connectivity index (χ3n) is 6.13. The number of hydrogen-bond donors (Lipinski definition) is 4. The van der Waals surface area contributed by atoms with Crippen molar-refractivity contribution in [3.05, 3.63) is 35.9 Å². The average molecular weight is 439 g/mol. The molecule has 1 aliphatic carbocycles. The molecule has 0 bridgehead atoms. The third kappa shape index (κ3) is 3.14. The Kier molecular flexibility index (Phi) is 4.74. The molecule has 5 rings (SSSR count). The lowest BCUT2D eigenvalue weighted by Gasteiger charge is -2.38. The van der Waals surface area contributed by atoms with Crippen LogP contribution in [0, 0.1) is 12.7 Å². The van der Waals surface area contributed by atoms with Crippen molar-refractivity contribution in [3.63, 3.8) is 0 Å². The molecule has 9 nitrogen and oxygen atoms in total. The van der Waals surface area contributed by atoms with Crippen LogP contribution in [0.2, 0.25) is 0 Å². The largest absolute Gasteiger partial charge is 0.474 e. The molecule has 1 aromatic carbocycles. The first-order valence-electron chi connectivity index (χ1n) is 10.3. The standard InChI is InChI=1S/C22H22FN5O4/c1-10-15(8-27-21-20(10)25-2-3-32-21)14-4-11-5-17(26-9-16(11)19(24)18(14)23)28(22(30)31)12-6-13(29)7-12/h4-5,8-9,12-13,25,29H,2-3,6-7,24H2,1H3,(H,30,31). The number of fused-ring (bicyclic) bond motifs is 2. The number of aromatic nitrogens is 2. The molecule has 166 valence electrons. The van der Waals surface area contributed by atoms with E-state index in [1.807, 2.05) is 6.92 Å². The number of aliphatic hydroxyl groups is 1. The second-order valence-electron chi connectivity index (χ2n) is 8.10. The Labute approximate surface area is 182 Å². The number of pyridine rings is 2. The van der Waals surface area contributed by atoms with Crippen molar-refractivity contribution in [2.24, 2.45) is 0 Å². The molecule has 32 heavy (non-hydrogen) atoms. The van der Waals surface area contributed by atoms with Gasteiger partial charge in [0, 0.05) is 41.5 Å². The van der Waals surface area contributed by atoms with E-state index in [1.54, 1.807) is 18.3 Å². The Balaban J connectivity index is 1.64. The summed E-state index contributed by atoms with van der Waals surface area (Å²) in [5, 5.41) is 23.5. The number of aliphatic hydroxyl groups excluding tert-OH is 1. The summed E-state index contributed by atoms with van der Waals surface area (Å²) in [6, 6.07) is 2.85. The summed E-state index contributed by atoms with van der Waals surface area (Å²) in [5.41, 5.74) is 8.34. The number of nitrogen functional groups attached to an aromatic ring is 1. The van der Waals surface area contributed by atoms with Crippen LogP contribution in [-0.2, 0) is 0 Å². The van der Waals surface area contributed by atoms with Gasteiger partial charge in [0.05, 0.1) is 11.8 Å². The van der Waals surface area contributed by atoms with E-state index in [0.29, 0.717) is 53.9 Å². The lowest BCUT2D eigenvalue weighted by Crippen LogP contribution is -2.50. The highest BCUT2D eigenvalue weighted by molar-refractivity contribution is 5.99. The summed E-state index contributed by atoms with van der Waals surface area (Å²) >= 11 is 0. The maximum Gasteiger partial charge on any atom is 0.413 e. The molecule has 1 fully saturated rings. The minimum absolute atomic E-state index is 0.0705. The number of anilines is 3. The number of rotatable bonds is 3. The van der Waals surface area contributed by atoms with E-state index >= 15 is 4.39 Å². The van der Waals surface area contributed by atoms with Crippen LogP contribution in [-0.4, -0.2) is 51.6 Å². The van der Waals surface area contributed by atoms with Gasteiger partial charge in [-0.15, -0.1) is 0 Å². The quantitative estimate of drug-likeness (QED) is 0.458. The van der Waals surface area contributed by atoms with Crippen LogP contribution in [0.5, 0.6) is 5.88 Å². The molecule has 1 aliphatic heterocycles. The van der Waals surface area contributed by atoms with E-state index in [9.17, 15) is 15.0 Å². The smallest absolute Gasteiger partial charge is 0.413 e. The summed E-state index contributed by atoms with van der Waals surface area (Å²) in [6.45, 7) is 2.98. The number of carboxylic acid groups (broad SMARTS) is 1. The van der Waals surface area contributed by atoms with Crippen molar-refractivity contribution in [1.82, 2.24) is 9.97 Å². The van der Waals surface area contributed by atoms with Crippen molar-refractivity contribution in [2.45, 2.75) is 31.9 Å². The SMILES string of the molecule is Cc1c(-c2cc3cc(N(C(=O)O)C4CC(O)C4)ncc3c(N)c2F)cnc2c1NCCO2. The van der Waals surface area contributed by atoms with Crippen molar-refractivity contribution >= 4 is 34.1 Å². The first-order valence-corrected chi connectivity index (χ1v) is 10.3. The molecule has 5 N–H and O–H groups in total. The number of nitrogens with two attached hydrogens (primary N) is 1. The molecule has 0 saturated heterocycles. The van der Waals surface area contributed by atoms with Gasteiger partial charge in [-0.2, -0.15) is 0 Å². The van der Waals surface area contributed by atoms with Crippen LogP contribution >= 0.6 is 0 Å². The summed E-state index contributed by atoms with van der Waals surface area (Å²) in [5.74, 6) is 0.0815. The molecule has 0 spiro atoms. The maximum absolute atomic E-state index is 15.3. The predicted molar refractivity (Wildman–Crippen MR) is 118 cm³/mol. The summed E-state index contributed by atoms with van der Waals surface area (Å²) in [7, 11) is 0. The molecule has 2 aromatic heterocycles. The molecule has 2 aliphatic rings. The minimum Gasteiger partial charge on any atom is -0.474 e. The van der Waals surface area contributed by atoms with Crippen LogP contribution in [0.1, 0.15) is 18.4 Å². The van der Waals surface area contributed by atoms with Crippen LogP contribution < -0.4 is 20.7 Å². The Morgan fingerprint density at radius 1 is 1.28 bits per heavy atom. The summed E-state index contributed by atoms with van der Waals surface area (Å²) in [6.07, 6.45) is 1.94. The zero-order valence-electron chi connectivity index (χ0n) is 17.3. The van der Waals surface area contributed by atoms with Gasteiger partial charge in [0.2, 0.25) is 5.88 Å². The highest BCUT2D eigenvalue weighted by Gasteiger charge is 2.36. The second-order valence-corrected chi connectivity index (χ2v) is 8.10. The fourth-order valence-corrected chi connectivity index (χ4v) is 4.32. The molecule has 1 saturated carbocycles. The van der Waals surface area contributed by atoms with E-state index in [4.69, 9.17) is 10.5 Å². The number of nitrogens with one attached hydrogen (secondary N) is 1. The number of halogens is 1. The topological polar surface area (TPSA) is 134 Å². The number of carbonyl (C=O) groups is 1. The summed E-state index contributed by atoms with van der Waals surface area (Å²) < 4.78 is 20.8. The second kappa shape index (κ2) is 7.49. The number of amides is 1. The number of hydrogen-bond acceptors (Lipinski definition) is 7. The van der Waals surface area contributed by atoms with Gasteiger partial charge in [0.25, 0.3) is 0 Å². The fourth-order valence-electron chi connectivity index (χ4n) is 4.32. The van der Waals surface area contributed by atoms with E-state index in [0.717, 1.165) is 10.5 Å². The maximum atomic E-state index is 15.3. The number of nitrogens with zero attached hydrogens (tertiary/aromatic N) is 3. The van der Waals surface area contributed by atoms with Gasteiger partial charge >= 0.3 is 6.09 Å². The Hall–Kier alpha value is -3.66. The molecule has 3 heterocycles. The molecule has 0 radical (unpaired) electrons. The van der Waals surface area contributed by atoms with Crippen molar-refractivity contribution in [3.8, 4) is 17.0 Å². The van der Waals surface area contributed by atoms with Crippen molar-refractivity contribution in [2.75, 3.05) is 29.1 Å². The van der Waals surface area contributed by atoms with Gasteiger partial charge in [-0.1, -0.05) is 0 Å². The van der Waals surface area contributed by atoms with E-state index < -0.39 is 18.0 Å². The highest BCUT2D eigenvalue weighted by atomic mass is 19.1. The highest BCUT2D eigenvalue weighted by Crippen LogP contribution is 2.40. The van der Waals surface area contributed by atoms with Gasteiger partial charge in [0.15, 0.2) is 5.82 Å². The van der Waals surface area contributed by atoms with E-state index in [2.05, 4.69) is 15.3 Å². The van der Waals surface area contributed by atoms with Gasteiger partial charge in [-0.3, -0.25) is 4.90 Å². The Morgan fingerprint density at radius 3 is 2.78 bits per heavy atom. The molecule has 10 heteroatoms. The molecular formula is C22H22FN5O4. The van der Waals surface area contributed by atoms with E-state index in [-0.39, 0.29) is 23.1 Å². The van der Waals surface area contributed by atoms with Crippen LogP contribution in [0.15, 0.2) is 24.5 Å². The lowest BCUT2D eigenvalue weighted by atomic mass is 9.88. The van der Waals surface area contributed by atoms with Crippen LogP contribution in [0.25, 0.3) is 21.9 Å². The molecule has 0 atom stereocenters. The number of ether oxygens (including phenoxy) is 1. The van der Waals surface area contributed by atoms with Gasteiger partial charge in [-0.25, -0.2) is 19.2 Å². The predicted octanol–water partition coefficient (Wildman–Crippen LogP) is 3.14. The van der Waals surface area contributed by atoms with Crippen molar-refractivity contribution in [1.29, 1.82) is 0 Å². The van der Waals surface area contributed by atoms with Crippen LogP contribution in [0.3, 0.4) is 0 Å². The summed E-state index contributed by atoms with van der Waals surface area (Å²) in [4.78, 5) is 21.5. The minimum atomic E-state index is -1.16. The van der Waals surface area contributed by atoms with Crippen LogP contribution in [0.4, 0.5) is 26.4 Å².